The number of thioether (sulfide) groups is 1. The minimum atomic E-state index is -0.353. The highest BCUT2D eigenvalue weighted by molar-refractivity contribution is 7.99. The summed E-state index contributed by atoms with van der Waals surface area (Å²) in [5.41, 5.74) is 4.99. The number of nitrogens with zero attached hydrogens (tertiary/aromatic N) is 1. The molecule has 0 aliphatic carbocycles. The fourth-order valence-electron chi connectivity index (χ4n) is 2.60. The Morgan fingerprint density at radius 3 is 2.57 bits per heavy atom. The molecular formula is C23H22N2O4S. The number of hydrogen-bond donors (Lipinski definition) is 1. The van der Waals surface area contributed by atoms with E-state index in [0.717, 1.165) is 11.3 Å². The second-order valence-electron chi connectivity index (χ2n) is 6.27. The Morgan fingerprint density at radius 2 is 1.83 bits per heavy atom. The Bertz CT molecular complexity index is 998. The summed E-state index contributed by atoms with van der Waals surface area (Å²) in [6, 6.07) is 20.5. The first-order valence-electron chi connectivity index (χ1n) is 9.46. The topological polar surface area (TPSA) is 80.9 Å². The van der Waals surface area contributed by atoms with Crippen LogP contribution in [0.25, 0.3) is 11.3 Å². The molecule has 0 unspecified atom stereocenters. The lowest BCUT2D eigenvalue weighted by Gasteiger charge is -2.02. The van der Waals surface area contributed by atoms with Gasteiger partial charge in [0, 0.05) is 11.3 Å². The SMILES string of the molecule is CCOC(=O)c1ccc(-c2ccc(/C=N/NC(=O)CSCc3ccccc3)o2)cc1. The predicted octanol–water partition coefficient (Wildman–Crippen LogP) is 4.51. The van der Waals surface area contributed by atoms with Gasteiger partial charge < -0.3 is 9.15 Å². The largest absolute Gasteiger partial charge is 0.462 e. The first-order valence-corrected chi connectivity index (χ1v) is 10.6. The normalized spacial score (nSPS) is 10.8. The number of benzene rings is 2. The zero-order chi connectivity index (χ0) is 21.2. The van der Waals surface area contributed by atoms with Crippen LogP contribution in [0.5, 0.6) is 0 Å². The number of furan rings is 1. The predicted molar refractivity (Wildman–Crippen MR) is 118 cm³/mol. The van der Waals surface area contributed by atoms with Crippen molar-refractivity contribution in [3.63, 3.8) is 0 Å². The Labute approximate surface area is 179 Å². The fourth-order valence-corrected chi connectivity index (χ4v) is 3.38. The lowest BCUT2D eigenvalue weighted by Crippen LogP contribution is -2.19. The van der Waals surface area contributed by atoms with E-state index in [1.165, 1.54) is 23.5 Å². The van der Waals surface area contributed by atoms with Crippen molar-refractivity contribution in [2.45, 2.75) is 12.7 Å². The second kappa shape index (κ2) is 11.0. The van der Waals surface area contributed by atoms with Crippen LogP contribution in [0.2, 0.25) is 0 Å². The smallest absolute Gasteiger partial charge is 0.338 e. The van der Waals surface area contributed by atoms with Crippen LogP contribution in [0.15, 0.2) is 76.2 Å². The molecule has 0 radical (unpaired) electrons. The Kier molecular flexibility index (Phi) is 7.86. The molecule has 0 saturated heterocycles. The molecule has 30 heavy (non-hydrogen) atoms. The molecule has 154 valence electrons. The molecule has 2 aromatic carbocycles. The van der Waals surface area contributed by atoms with Crippen molar-refractivity contribution in [2.24, 2.45) is 5.10 Å². The maximum atomic E-state index is 11.9. The zero-order valence-corrected chi connectivity index (χ0v) is 17.4. The van der Waals surface area contributed by atoms with Crippen molar-refractivity contribution in [2.75, 3.05) is 12.4 Å². The Hall–Kier alpha value is -3.32. The summed E-state index contributed by atoms with van der Waals surface area (Å²) in [7, 11) is 0. The van der Waals surface area contributed by atoms with Gasteiger partial charge in [-0.25, -0.2) is 10.2 Å². The average Bonchev–Trinajstić information content (AvgIpc) is 3.24. The van der Waals surface area contributed by atoms with Gasteiger partial charge in [-0.15, -0.1) is 11.8 Å². The molecule has 1 aromatic heterocycles. The molecule has 1 amide bonds. The van der Waals surface area contributed by atoms with Crippen LogP contribution in [0.3, 0.4) is 0 Å². The summed E-state index contributed by atoms with van der Waals surface area (Å²) in [5.74, 6) is 1.72. The van der Waals surface area contributed by atoms with Gasteiger partial charge in [-0.05, 0) is 36.8 Å². The lowest BCUT2D eigenvalue weighted by molar-refractivity contribution is -0.118. The zero-order valence-electron chi connectivity index (χ0n) is 16.5. The molecule has 1 N–H and O–H groups in total. The molecule has 7 heteroatoms. The van der Waals surface area contributed by atoms with Crippen LogP contribution in [-0.4, -0.2) is 30.5 Å². The molecule has 0 bridgehead atoms. The lowest BCUT2D eigenvalue weighted by atomic mass is 10.1. The third kappa shape index (κ3) is 6.35. The van der Waals surface area contributed by atoms with Crippen LogP contribution in [0.1, 0.15) is 28.6 Å². The summed E-state index contributed by atoms with van der Waals surface area (Å²) in [5, 5.41) is 3.94. The van der Waals surface area contributed by atoms with E-state index in [-0.39, 0.29) is 11.9 Å². The van der Waals surface area contributed by atoms with Crippen LogP contribution in [0.4, 0.5) is 0 Å². The standard InChI is InChI=1S/C23H22N2O4S/c1-2-28-23(27)19-10-8-18(9-11-19)21-13-12-20(29-21)14-24-25-22(26)16-30-15-17-6-4-3-5-7-17/h3-14H,2,15-16H2,1H3,(H,25,26)/b24-14+. The molecule has 1 heterocycles. The highest BCUT2D eigenvalue weighted by Gasteiger charge is 2.08. The minimum Gasteiger partial charge on any atom is -0.462 e. The molecule has 0 atom stereocenters. The van der Waals surface area contributed by atoms with Gasteiger partial charge in [0.25, 0.3) is 0 Å². The van der Waals surface area contributed by atoms with Gasteiger partial charge in [0.2, 0.25) is 5.91 Å². The summed E-state index contributed by atoms with van der Waals surface area (Å²) >= 11 is 1.53. The maximum absolute atomic E-state index is 11.9. The molecular weight excluding hydrogens is 400 g/mol. The third-order valence-corrected chi connectivity index (χ3v) is 5.04. The number of carbonyl (C=O) groups excluding carboxylic acids is 2. The van der Waals surface area contributed by atoms with Crippen molar-refractivity contribution in [3.05, 3.63) is 83.6 Å². The summed E-state index contributed by atoms with van der Waals surface area (Å²) < 4.78 is 10.7. The van der Waals surface area contributed by atoms with E-state index in [4.69, 9.17) is 9.15 Å². The van der Waals surface area contributed by atoms with Gasteiger partial charge in [-0.3, -0.25) is 4.79 Å². The fraction of sp³-hybridized carbons (Fsp3) is 0.174. The molecule has 0 aliphatic rings. The molecule has 0 fully saturated rings. The van der Waals surface area contributed by atoms with E-state index in [1.807, 2.05) is 30.3 Å². The molecule has 3 aromatic rings. The highest BCUT2D eigenvalue weighted by atomic mass is 32.2. The quantitative estimate of drug-likeness (QED) is 0.312. The van der Waals surface area contributed by atoms with Gasteiger partial charge in [0.1, 0.15) is 11.5 Å². The van der Waals surface area contributed by atoms with E-state index in [9.17, 15) is 9.59 Å². The highest BCUT2D eigenvalue weighted by Crippen LogP contribution is 2.22. The molecule has 6 nitrogen and oxygen atoms in total. The van der Waals surface area contributed by atoms with E-state index < -0.39 is 0 Å². The van der Waals surface area contributed by atoms with Crippen molar-refractivity contribution >= 4 is 29.9 Å². The van der Waals surface area contributed by atoms with E-state index in [2.05, 4.69) is 10.5 Å². The first kappa shape index (κ1) is 21.4. The molecule has 3 rings (SSSR count). The van der Waals surface area contributed by atoms with Crippen molar-refractivity contribution < 1.29 is 18.7 Å². The van der Waals surface area contributed by atoms with Gasteiger partial charge in [-0.1, -0.05) is 42.5 Å². The van der Waals surface area contributed by atoms with E-state index in [0.29, 0.717) is 29.4 Å². The molecule has 0 saturated carbocycles. The van der Waals surface area contributed by atoms with E-state index in [1.54, 1.807) is 43.3 Å². The second-order valence-corrected chi connectivity index (χ2v) is 7.26. The summed E-state index contributed by atoms with van der Waals surface area (Å²) in [4.78, 5) is 23.6. The number of amides is 1. The van der Waals surface area contributed by atoms with Crippen molar-refractivity contribution in [1.29, 1.82) is 0 Å². The van der Waals surface area contributed by atoms with Gasteiger partial charge in [-0.2, -0.15) is 5.10 Å². The van der Waals surface area contributed by atoms with Gasteiger partial charge >= 0.3 is 5.97 Å². The van der Waals surface area contributed by atoms with Crippen LogP contribution >= 0.6 is 11.8 Å². The monoisotopic (exact) mass is 422 g/mol. The number of hydrogen-bond acceptors (Lipinski definition) is 6. The van der Waals surface area contributed by atoms with Gasteiger partial charge in [0.15, 0.2) is 0 Å². The maximum Gasteiger partial charge on any atom is 0.338 e. The van der Waals surface area contributed by atoms with E-state index >= 15 is 0 Å². The average molecular weight is 423 g/mol. The number of ether oxygens (including phenoxy) is 1. The number of esters is 1. The number of carbonyl (C=O) groups is 2. The Balaban J connectivity index is 1.47. The van der Waals surface area contributed by atoms with Crippen LogP contribution in [0, 0.1) is 0 Å². The molecule has 0 aliphatic heterocycles. The number of rotatable bonds is 9. The van der Waals surface area contributed by atoms with Crippen molar-refractivity contribution in [1.82, 2.24) is 5.43 Å². The Morgan fingerprint density at radius 1 is 1.07 bits per heavy atom. The van der Waals surface area contributed by atoms with Gasteiger partial charge in [0.05, 0.1) is 24.1 Å². The van der Waals surface area contributed by atoms with Crippen LogP contribution in [-0.2, 0) is 15.3 Å². The third-order valence-electron chi connectivity index (χ3n) is 4.03. The minimum absolute atomic E-state index is 0.173. The van der Waals surface area contributed by atoms with Crippen molar-refractivity contribution in [3.8, 4) is 11.3 Å². The van der Waals surface area contributed by atoms with Crippen LogP contribution < -0.4 is 5.43 Å². The molecule has 0 spiro atoms. The number of nitrogens with one attached hydrogen (secondary N) is 1. The first-order chi connectivity index (χ1) is 14.7. The summed E-state index contributed by atoms with van der Waals surface area (Å²) in [6.07, 6.45) is 1.45. The summed E-state index contributed by atoms with van der Waals surface area (Å²) in [6.45, 7) is 2.11. The number of hydrazone groups is 1.